The van der Waals surface area contributed by atoms with Gasteiger partial charge in [0.2, 0.25) is 0 Å². The van der Waals surface area contributed by atoms with Gasteiger partial charge in [0.15, 0.2) is 5.78 Å². The van der Waals surface area contributed by atoms with Gasteiger partial charge < -0.3 is 0 Å². The molecule has 1 aromatic carbocycles. The number of fused-ring (bicyclic) bond motifs is 2. The second-order valence-electron chi connectivity index (χ2n) is 6.82. The highest BCUT2D eigenvalue weighted by molar-refractivity contribution is 6.04. The monoisotopic (exact) mass is 254 g/mol. The quantitative estimate of drug-likeness (QED) is 0.724. The van der Waals surface area contributed by atoms with Crippen LogP contribution in [-0.4, -0.2) is 5.78 Å². The minimum absolute atomic E-state index is 0.125. The smallest absolute Gasteiger partial charge is 0.165 e. The summed E-state index contributed by atoms with van der Waals surface area (Å²) in [6, 6.07) is 10.4. The summed E-state index contributed by atoms with van der Waals surface area (Å²) in [7, 11) is 0. The molecule has 0 spiro atoms. The zero-order chi connectivity index (χ0) is 13.7. The number of ketones is 1. The molecule has 0 aliphatic heterocycles. The first-order chi connectivity index (χ1) is 8.97. The Kier molecular flexibility index (Phi) is 2.70. The van der Waals surface area contributed by atoms with E-state index in [-0.39, 0.29) is 10.8 Å². The van der Waals surface area contributed by atoms with Gasteiger partial charge in [-0.25, -0.2) is 0 Å². The molecule has 2 fully saturated rings. The van der Waals surface area contributed by atoms with E-state index >= 15 is 0 Å². The highest BCUT2D eigenvalue weighted by Gasteiger charge is 2.63. The molecule has 2 bridgehead atoms. The van der Waals surface area contributed by atoms with Crippen molar-refractivity contribution in [2.24, 2.45) is 16.7 Å². The predicted molar refractivity (Wildman–Crippen MR) is 77.8 cm³/mol. The lowest BCUT2D eigenvalue weighted by molar-refractivity contribution is -0.125. The van der Waals surface area contributed by atoms with E-state index in [1.54, 1.807) is 0 Å². The summed E-state index contributed by atoms with van der Waals surface area (Å²) in [6.07, 6.45) is 5.31. The fourth-order valence-corrected chi connectivity index (χ4v) is 4.00. The Morgan fingerprint density at radius 1 is 1.21 bits per heavy atom. The van der Waals surface area contributed by atoms with Gasteiger partial charge in [0.25, 0.3) is 0 Å². The lowest BCUT2D eigenvalue weighted by atomic mass is 9.70. The molecule has 0 radical (unpaired) electrons. The Labute approximate surface area is 115 Å². The summed E-state index contributed by atoms with van der Waals surface area (Å²) >= 11 is 0. The molecule has 0 heterocycles. The molecule has 1 heteroatoms. The van der Waals surface area contributed by atoms with Crippen LogP contribution in [0.5, 0.6) is 0 Å². The molecular formula is C18H22O. The topological polar surface area (TPSA) is 17.1 Å². The molecule has 2 unspecified atom stereocenters. The first kappa shape index (κ1) is 12.7. The summed E-state index contributed by atoms with van der Waals surface area (Å²) in [4.78, 5) is 12.7. The number of benzene rings is 1. The van der Waals surface area contributed by atoms with Crippen molar-refractivity contribution in [3.05, 3.63) is 47.5 Å². The van der Waals surface area contributed by atoms with Gasteiger partial charge in [0, 0.05) is 5.41 Å². The van der Waals surface area contributed by atoms with Crippen LogP contribution >= 0.6 is 0 Å². The van der Waals surface area contributed by atoms with Gasteiger partial charge >= 0.3 is 0 Å². The maximum absolute atomic E-state index is 12.7. The van der Waals surface area contributed by atoms with Crippen molar-refractivity contribution < 1.29 is 4.79 Å². The average molecular weight is 254 g/mol. The van der Waals surface area contributed by atoms with Crippen molar-refractivity contribution in [1.82, 2.24) is 0 Å². The third-order valence-corrected chi connectivity index (χ3v) is 5.77. The number of allylic oxidation sites excluding steroid dienone is 2. The molecule has 2 saturated carbocycles. The Bertz CT molecular complexity index is 538. The molecule has 0 amide bonds. The number of hydrogen-bond acceptors (Lipinski definition) is 1. The fourth-order valence-electron chi connectivity index (χ4n) is 4.00. The maximum Gasteiger partial charge on any atom is 0.165 e. The molecule has 2 aliphatic carbocycles. The van der Waals surface area contributed by atoms with E-state index in [4.69, 9.17) is 0 Å². The number of carbonyl (C=O) groups is 1. The number of rotatable bonds is 2. The lowest BCUT2D eigenvalue weighted by Crippen LogP contribution is -2.32. The molecule has 1 aromatic rings. The second kappa shape index (κ2) is 4.06. The SMILES string of the molecule is CC12CCC(/C(=C\Cc3ccccc3)C1=O)C2(C)C. The Hall–Kier alpha value is -1.37. The Morgan fingerprint density at radius 2 is 1.89 bits per heavy atom. The molecule has 2 aliphatic rings. The molecule has 100 valence electrons. The van der Waals surface area contributed by atoms with Gasteiger partial charge in [0.05, 0.1) is 0 Å². The normalized spacial score (nSPS) is 34.2. The zero-order valence-corrected chi connectivity index (χ0v) is 12.1. The van der Waals surface area contributed by atoms with E-state index in [1.807, 2.05) is 6.07 Å². The number of carbonyl (C=O) groups excluding carboxylic acids is 1. The molecule has 0 N–H and O–H groups in total. The largest absolute Gasteiger partial charge is 0.294 e. The second-order valence-corrected chi connectivity index (χ2v) is 6.82. The van der Waals surface area contributed by atoms with Crippen LogP contribution in [0.15, 0.2) is 42.0 Å². The van der Waals surface area contributed by atoms with E-state index in [1.165, 1.54) is 12.0 Å². The third-order valence-electron chi connectivity index (χ3n) is 5.77. The highest BCUT2D eigenvalue weighted by Crippen LogP contribution is 2.65. The highest BCUT2D eigenvalue weighted by atomic mass is 16.1. The van der Waals surface area contributed by atoms with Crippen molar-refractivity contribution in [2.75, 3.05) is 0 Å². The van der Waals surface area contributed by atoms with Crippen LogP contribution in [0.4, 0.5) is 0 Å². The van der Waals surface area contributed by atoms with E-state index < -0.39 is 0 Å². The van der Waals surface area contributed by atoms with Crippen LogP contribution in [0.3, 0.4) is 0 Å². The molecular weight excluding hydrogens is 232 g/mol. The van der Waals surface area contributed by atoms with Crippen LogP contribution in [0.1, 0.15) is 39.2 Å². The fraction of sp³-hybridized carbons (Fsp3) is 0.500. The van der Waals surface area contributed by atoms with Crippen molar-refractivity contribution >= 4 is 5.78 Å². The van der Waals surface area contributed by atoms with Gasteiger partial charge in [-0.05, 0) is 41.7 Å². The first-order valence-electron chi connectivity index (χ1n) is 7.25. The first-order valence-corrected chi connectivity index (χ1v) is 7.25. The van der Waals surface area contributed by atoms with E-state index in [0.29, 0.717) is 11.7 Å². The van der Waals surface area contributed by atoms with Gasteiger partial charge in [-0.3, -0.25) is 4.79 Å². The maximum atomic E-state index is 12.7. The van der Waals surface area contributed by atoms with Crippen molar-refractivity contribution in [3.63, 3.8) is 0 Å². The minimum Gasteiger partial charge on any atom is -0.294 e. The summed E-state index contributed by atoms with van der Waals surface area (Å²) in [6.45, 7) is 6.70. The molecule has 1 nitrogen and oxygen atoms in total. The minimum atomic E-state index is -0.125. The Balaban J connectivity index is 1.89. The van der Waals surface area contributed by atoms with Crippen LogP contribution < -0.4 is 0 Å². The molecule has 3 rings (SSSR count). The van der Waals surface area contributed by atoms with Crippen molar-refractivity contribution in [3.8, 4) is 0 Å². The van der Waals surface area contributed by atoms with Crippen molar-refractivity contribution in [1.29, 1.82) is 0 Å². The van der Waals surface area contributed by atoms with Crippen LogP contribution in [0, 0.1) is 16.7 Å². The van der Waals surface area contributed by atoms with E-state index in [9.17, 15) is 4.79 Å². The van der Waals surface area contributed by atoms with Gasteiger partial charge in [-0.15, -0.1) is 0 Å². The van der Waals surface area contributed by atoms with Crippen LogP contribution in [-0.2, 0) is 11.2 Å². The number of hydrogen-bond donors (Lipinski definition) is 0. The van der Waals surface area contributed by atoms with Crippen LogP contribution in [0.25, 0.3) is 0 Å². The zero-order valence-electron chi connectivity index (χ0n) is 12.1. The lowest BCUT2D eigenvalue weighted by Gasteiger charge is -2.31. The summed E-state index contributed by atoms with van der Waals surface area (Å²) < 4.78 is 0. The third kappa shape index (κ3) is 1.64. The van der Waals surface area contributed by atoms with E-state index in [0.717, 1.165) is 18.4 Å². The van der Waals surface area contributed by atoms with Crippen molar-refractivity contribution in [2.45, 2.75) is 40.0 Å². The summed E-state index contributed by atoms with van der Waals surface area (Å²) in [5, 5.41) is 0. The molecule has 2 atom stereocenters. The molecule has 0 aromatic heterocycles. The van der Waals surface area contributed by atoms with Gasteiger partial charge in [-0.2, -0.15) is 0 Å². The molecule has 19 heavy (non-hydrogen) atoms. The predicted octanol–water partition coefficient (Wildman–Crippen LogP) is 4.18. The average Bonchev–Trinajstić information content (AvgIpc) is 2.70. The standard InChI is InChI=1S/C18H22O/c1-17(2)15-11-12-18(17,3)16(19)14(15)10-9-13-7-5-4-6-8-13/h4-8,10,15H,9,11-12H2,1-3H3/b14-10+. The molecule has 0 saturated heterocycles. The summed E-state index contributed by atoms with van der Waals surface area (Å²) in [5.41, 5.74) is 2.39. The Morgan fingerprint density at radius 3 is 2.47 bits per heavy atom. The van der Waals surface area contributed by atoms with Gasteiger partial charge in [-0.1, -0.05) is 57.2 Å². The van der Waals surface area contributed by atoms with Crippen LogP contribution in [0.2, 0.25) is 0 Å². The summed E-state index contributed by atoms with van der Waals surface area (Å²) in [5.74, 6) is 0.874. The number of Topliss-reactive ketones (excluding diaryl/α,β-unsaturated/α-hetero) is 1. The van der Waals surface area contributed by atoms with E-state index in [2.05, 4.69) is 51.1 Å². The van der Waals surface area contributed by atoms with Gasteiger partial charge in [0.1, 0.15) is 0 Å².